The van der Waals surface area contributed by atoms with Crippen LogP contribution in [-0.4, -0.2) is 12.5 Å². The van der Waals surface area contributed by atoms with Crippen LogP contribution in [0.1, 0.15) is 28.8 Å². The summed E-state index contributed by atoms with van der Waals surface area (Å²) in [6.45, 7) is 2.75. The number of benzene rings is 2. The topological polar surface area (TPSA) is 29.1 Å². The van der Waals surface area contributed by atoms with Crippen molar-refractivity contribution in [3.63, 3.8) is 0 Å². The zero-order valence-corrected chi connectivity index (χ0v) is 12.4. The fraction of sp³-hybridized carbons (Fsp3) is 0.188. The number of nitrogens with one attached hydrogen (secondary N) is 1. The van der Waals surface area contributed by atoms with E-state index in [1.807, 2.05) is 42.5 Å². The first-order valence-corrected chi connectivity index (χ1v) is 7.05. The van der Waals surface area contributed by atoms with E-state index in [2.05, 4.69) is 40.3 Å². The van der Waals surface area contributed by atoms with Gasteiger partial charge in [0.05, 0.1) is 0 Å². The highest BCUT2D eigenvalue weighted by atomic mass is 79.9. The molecule has 98 valence electrons. The standard InChI is InChI=1S/C16H16BrNO/c1-12(13-5-3-2-4-6-13)11-18-16(19)14-7-9-15(17)10-8-14/h2-10,12H,11H2,1H3,(H,18,19)/t12-/m0/s1. The maximum atomic E-state index is 12.0. The van der Waals surface area contributed by atoms with Crippen LogP contribution in [0, 0.1) is 0 Å². The van der Waals surface area contributed by atoms with E-state index in [0.717, 1.165) is 4.47 Å². The van der Waals surface area contributed by atoms with Crippen LogP contribution < -0.4 is 5.32 Å². The van der Waals surface area contributed by atoms with Crippen LogP contribution in [0.25, 0.3) is 0 Å². The smallest absolute Gasteiger partial charge is 0.251 e. The van der Waals surface area contributed by atoms with Crippen molar-refractivity contribution in [1.82, 2.24) is 5.32 Å². The third-order valence-corrected chi connectivity index (χ3v) is 3.57. The van der Waals surface area contributed by atoms with Crippen LogP contribution >= 0.6 is 15.9 Å². The fourth-order valence-electron chi connectivity index (χ4n) is 1.85. The number of hydrogen-bond acceptors (Lipinski definition) is 1. The Kier molecular flexibility index (Phi) is 4.74. The number of carbonyl (C=O) groups is 1. The number of carbonyl (C=O) groups excluding carboxylic acids is 1. The molecule has 0 radical (unpaired) electrons. The Bertz CT molecular complexity index is 536. The van der Waals surface area contributed by atoms with Crippen molar-refractivity contribution in [3.05, 3.63) is 70.2 Å². The molecule has 1 atom stereocenters. The minimum Gasteiger partial charge on any atom is -0.351 e. The van der Waals surface area contributed by atoms with Crippen molar-refractivity contribution in [2.24, 2.45) is 0 Å². The van der Waals surface area contributed by atoms with Crippen molar-refractivity contribution in [2.45, 2.75) is 12.8 Å². The van der Waals surface area contributed by atoms with E-state index in [0.29, 0.717) is 18.0 Å². The molecule has 0 saturated heterocycles. The van der Waals surface area contributed by atoms with Gasteiger partial charge in [0.25, 0.3) is 5.91 Å². The van der Waals surface area contributed by atoms with E-state index in [1.165, 1.54) is 5.56 Å². The zero-order valence-electron chi connectivity index (χ0n) is 10.8. The van der Waals surface area contributed by atoms with Gasteiger partial charge < -0.3 is 5.32 Å². The first-order valence-electron chi connectivity index (χ1n) is 6.25. The number of hydrogen-bond donors (Lipinski definition) is 1. The molecule has 0 aliphatic heterocycles. The molecule has 2 rings (SSSR count). The van der Waals surface area contributed by atoms with Gasteiger partial charge in [-0.05, 0) is 35.7 Å². The molecule has 2 aromatic carbocycles. The molecule has 19 heavy (non-hydrogen) atoms. The molecule has 0 aromatic heterocycles. The monoisotopic (exact) mass is 317 g/mol. The Morgan fingerprint density at radius 3 is 2.37 bits per heavy atom. The summed E-state index contributed by atoms with van der Waals surface area (Å²) in [5.74, 6) is 0.274. The molecule has 0 fully saturated rings. The Morgan fingerprint density at radius 1 is 1.11 bits per heavy atom. The number of rotatable bonds is 4. The van der Waals surface area contributed by atoms with Gasteiger partial charge in [-0.3, -0.25) is 4.79 Å². The van der Waals surface area contributed by atoms with E-state index >= 15 is 0 Å². The molecule has 0 heterocycles. The minimum absolute atomic E-state index is 0.0321. The third-order valence-electron chi connectivity index (χ3n) is 3.04. The van der Waals surface area contributed by atoms with Crippen molar-refractivity contribution < 1.29 is 4.79 Å². The van der Waals surface area contributed by atoms with E-state index in [9.17, 15) is 4.79 Å². The second-order valence-electron chi connectivity index (χ2n) is 4.53. The number of amides is 1. The first-order chi connectivity index (χ1) is 9.16. The quantitative estimate of drug-likeness (QED) is 0.907. The minimum atomic E-state index is -0.0321. The van der Waals surface area contributed by atoms with Gasteiger partial charge >= 0.3 is 0 Å². The van der Waals surface area contributed by atoms with Gasteiger partial charge in [-0.25, -0.2) is 0 Å². The molecular formula is C16H16BrNO. The van der Waals surface area contributed by atoms with Crippen LogP contribution in [0.15, 0.2) is 59.1 Å². The molecule has 0 aliphatic carbocycles. The summed E-state index contributed by atoms with van der Waals surface area (Å²) >= 11 is 3.36. The molecule has 2 aromatic rings. The predicted molar refractivity (Wildman–Crippen MR) is 81.3 cm³/mol. The van der Waals surface area contributed by atoms with E-state index in [4.69, 9.17) is 0 Å². The van der Waals surface area contributed by atoms with Crippen LogP contribution in [-0.2, 0) is 0 Å². The van der Waals surface area contributed by atoms with Gasteiger partial charge in [0.2, 0.25) is 0 Å². The zero-order chi connectivity index (χ0) is 13.7. The van der Waals surface area contributed by atoms with Crippen LogP contribution in [0.3, 0.4) is 0 Å². The van der Waals surface area contributed by atoms with Crippen molar-refractivity contribution in [2.75, 3.05) is 6.54 Å². The molecule has 0 saturated carbocycles. The van der Waals surface area contributed by atoms with E-state index in [1.54, 1.807) is 0 Å². The normalized spacial score (nSPS) is 11.9. The molecule has 1 N–H and O–H groups in total. The van der Waals surface area contributed by atoms with Gasteiger partial charge in [-0.15, -0.1) is 0 Å². The second kappa shape index (κ2) is 6.53. The summed E-state index contributed by atoms with van der Waals surface area (Å²) in [6, 6.07) is 17.6. The van der Waals surface area contributed by atoms with Gasteiger partial charge in [-0.1, -0.05) is 53.2 Å². The summed E-state index contributed by atoms with van der Waals surface area (Å²) < 4.78 is 0.974. The molecular weight excluding hydrogens is 302 g/mol. The lowest BCUT2D eigenvalue weighted by atomic mass is 10.0. The van der Waals surface area contributed by atoms with Gasteiger partial charge in [0.15, 0.2) is 0 Å². The molecule has 1 amide bonds. The van der Waals surface area contributed by atoms with E-state index < -0.39 is 0 Å². The highest BCUT2D eigenvalue weighted by Crippen LogP contribution is 2.14. The van der Waals surface area contributed by atoms with Crippen molar-refractivity contribution in [1.29, 1.82) is 0 Å². The Labute approximate surface area is 122 Å². The van der Waals surface area contributed by atoms with Crippen molar-refractivity contribution in [3.8, 4) is 0 Å². The maximum absolute atomic E-state index is 12.0. The van der Waals surface area contributed by atoms with Crippen LogP contribution in [0.4, 0.5) is 0 Å². The molecule has 0 unspecified atom stereocenters. The SMILES string of the molecule is C[C@@H](CNC(=O)c1ccc(Br)cc1)c1ccccc1. The maximum Gasteiger partial charge on any atom is 0.251 e. The lowest BCUT2D eigenvalue weighted by Crippen LogP contribution is -2.27. The van der Waals surface area contributed by atoms with E-state index in [-0.39, 0.29) is 5.91 Å². The average Bonchev–Trinajstić information content (AvgIpc) is 2.46. The van der Waals surface area contributed by atoms with Gasteiger partial charge in [0.1, 0.15) is 0 Å². The van der Waals surface area contributed by atoms with Gasteiger partial charge in [0, 0.05) is 16.6 Å². The average molecular weight is 318 g/mol. The highest BCUT2D eigenvalue weighted by Gasteiger charge is 2.08. The molecule has 0 aliphatic rings. The first kappa shape index (κ1) is 13.8. The Hall–Kier alpha value is -1.61. The second-order valence-corrected chi connectivity index (χ2v) is 5.44. The molecule has 0 spiro atoms. The Morgan fingerprint density at radius 2 is 1.74 bits per heavy atom. The molecule has 2 nitrogen and oxygen atoms in total. The van der Waals surface area contributed by atoms with Crippen LogP contribution in [0.5, 0.6) is 0 Å². The summed E-state index contributed by atoms with van der Waals surface area (Å²) in [7, 11) is 0. The third kappa shape index (κ3) is 3.93. The summed E-state index contributed by atoms with van der Waals surface area (Å²) in [4.78, 5) is 12.0. The fourth-order valence-corrected chi connectivity index (χ4v) is 2.11. The lowest BCUT2D eigenvalue weighted by molar-refractivity contribution is 0.0951. The van der Waals surface area contributed by atoms with Gasteiger partial charge in [-0.2, -0.15) is 0 Å². The van der Waals surface area contributed by atoms with Crippen molar-refractivity contribution >= 4 is 21.8 Å². The number of halogens is 1. The highest BCUT2D eigenvalue weighted by molar-refractivity contribution is 9.10. The summed E-state index contributed by atoms with van der Waals surface area (Å²) in [6.07, 6.45) is 0. The predicted octanol–water partition coefficient (Wildman–Crippen LogP) is 3.98. The summed E-state index contributed by atoms with van der Waals surface area (Å²) in [5.41, 5.74) is 1.92. The molecule has 3 heteroatoms. The lowest BCUT2D eigenvalue weighted by Gasteiger charge is -2.13. The van der Waals surface area contributed by atoms with Crippen LogP contribution in [0.2, 0.25) is 0 Å². The summed E-state index contributed by atoms with van der Waals surface area (Å²) in [5, 5.41) is 2.96. The Balaban J connectivity index is 1.92. The molecule has 0 bridgehead atoms. The largest absolute Gasteiger partial charge is 0.351 e.